The van der Waals surface area contributed by atoms with Crippen LogP contribution in [0.4, 0.5) is 13.2 Å². The molecule has 0 radical (unpaired) electrons. The quantitative estimate of drug-likeness (QED) is 0.369. The van der Waals surface area contributed by atoms with Gasteiger partial charge in [0.05, 0.1) is 5.56 Å². The molecule has 1 saturated heterocycles. The van der Waals surface area contributed by atoms with Gasteiger partial charge in [-0.05, 0) is 74.6 Å². The third kappa shape index (κ3) is 7.62. The normalized spacial score (nSPS) is 19.8. The average Bonchev–Trinajstić information content (AvgIpc) is 3.64. The lowest BCUT2D eigenvalue weighted by molar-refractivity contribution is -0.146. The number of nitrogens with zero attached hydrogens (tertiary/aromatic N) is 3. The van der Waals surface area contributed by atoms with Crippen molar-refractivity contribution < 1.29 is 22.8 Å². The highest BCUT2D eigenvalue weighted by Gasteiger charge is 2.40. The molecule has 1 heterocycles. The Morgan fingerprint density at radius 1 is 1.17 bits per heavy atom. The van der Waals surface area contributed by atoms with Gasteiger partial charge in [-0.25, -0.2) is 4.31 Å². The minimum absolute atomic E-state index is 0.00753. The second kappa shape index (κ2) is 12.0. The first-order chi connectivity index (χ1) is 16.5. The largest absolute Gasteiger partial charge is 0.416 e. The molecule has 1 saturated carbocycles. The van der Waals surface area contributed by atoms with Gasteiger partial charge in [0.25, 0.3) is 0 Å². The molecule has 1 aromatic rings. The van der Waals surface area contributed by atoms with Gasteiger partial charge >= 0.3 is 6.18 Å². The molecular weight excluding hydrogens is 475 g/mol. The molecule has 2 aliphatic rings. The van der Waals surface area contributed by atoms with E-state index < -0.39 is 17.8 Å². The number of rotatable bonds is 10. The Morgan fingerprint density at radius 2 is 1.89 bits per heavy atom. The number of likely N-dealkylation sites (tertiary alicyclic amines) is 1. The van der Waals surface area contributed by atoms with Gasteiger partial charge in [-0.3, -0.25) is 9.59 Å². The number of carbonyl (C=O) groups is 2. The lowest BCUT2D eigenvalue weighted by atomic mass is 9.98. The molecule has 0 aromatic heterocycles. The molecule has 0 spiro atoms. The van der Waals surface area contributed by atoms with Crippen LogP contribution >= 0.6 is 11.9 Å². The summed E-state index contributed by atoms with van der Waals surface area (Å²) < 4.78 is 41.9. The van der Waals surface area contributed by atoms with Crippen LogP contribution in [0.1, 0.15) is 71.8 Å². The van der Waals surface area contributed by atoms with E-state index in [0.29, 0.717) is 37.0 Å². The van der Waals surface area contributed by atoms with Gasteiger partial charge in [-0.1, -0.05) is 26.8 Å². The van der Waals surface area contributed by atoms with Crippen molar-refractivity contribution in [2.45, 2.75) is 95.4 Å². The molecule has 1 aliphatic heterocycles. The highest BCUT2D eigenvalue weighted by Crippen LogP contribution is 2.41. The number of hydrogen-bond acceptors (Lipinski definition) is 4. The molecule has 2 atom stereocenters. The number of piperidine rings is 1. The maximum absolute atomic E-state index is 13.7. The first kappa shape index (κ1) is 27.8. The topological polar surface area (TPSA) is 43.9 Å². The van der Waals surface area contributed by atoms with Gasteiger partial charge in [0, 0.05) is 43.5 Å². The van der Waals surface area contributed by atoms with Crippen molar-refractivity contribution in [3.63, 3.8) is 0 Å². The second-order valence-corrected chi connectivity index (χ2v) is 11.2. The molecule has 0 N–H and O–H groups in total. The van der Waals surface area contributed by atoms with Crippen LogP contribution in [-0.2, 0) is 15.8 Å². The van der Waals surface area contributed by atoms with Crippen molar-refractivity contribution in [3.05, 3.63) is 29.8 Å². The predicted octanol–water partition coefficient (Wildman–Crippen LogP) is 5.84. The number of halogens is 3. The molecule has 1 unspecified atom stereocenters. The lowest BCUT2D eigenvalue weighted by Crippen LogP contribution is -2.55. The molecule has 35 heavy (non-hydrogen) atoms. The highest BCUT2D eigenvalue weighted by molar-refractivity contribution is 7.97. The third-order valence-corrected chi connectivity index (χ3v) is 7.84. The first-order valence-corrected chi connectivity index (χ1v) is 13.5. The Labute approximate surface area is 211 Å². The minimum Gasteiger partial charge on any atom is -0.339 e. The van der Waals surface area contributed by atoms with Crippen LogP contribution in [0.3, 0.4) is 0 Å². The van der Waals surface area contributed by atoms with Crippen molar-refractivity contribution in [1.82, 2.24) is 14.1 Å². The van der Waals surface area contributed by atoms with Crippen molar-refractivity contribution in [1.29, 1.82) is 0 Å². The second-order valence-electron chi connectivity index (χ2n) is 10.1. The molecule has 9 heteroatoms. The highest BCUT2D eigenvalue weighted by atomic mass is 32.2. The fourth-order valence-corrected chi connectivity index (χ4v) is 6.03. The van der Waals surface area contributed by atoms with Gasteiger partial charge in [-0.2, -0.15) is 13.2 Å². The lowest BCUT2D eigenvalue weighted by Gasteiger charge is -2.41. The summed E-state index contributed by atoms with van der Waals surface area (Å²) in [5.41, 5.74) is -0.643. The van der Waals surface area contributed by atoms with Gasteiger partial charge in [0.2, 0.25) is 11.8 Å². The zero-order valence-corrected chi connectivity index (χ0v) is 22.0. The number of benzene rings is 1. The van der Waals surface area contributed by atoms with E-state index in [1.54, 1.807) is 11.0 Å². The van der Waals surface area contributed by atoms with Gasteiger partial charge in [-0.15, -0.1) is 0 Å². The van der Waals surface area contributed by atoms with Crippen LogP contribution in [0.5, 0.6) is 0 Å². The van der Waals surface area contributed by atoms with E-state index in [4.69, 9.17) is 0 Å². The SMILES string of the molecule is CCCN(C(C)=O)[C@@H](CC(C)C)C(=O)N1CCCC(N(Sc2cccc(C(F)(F)F)c2)C2CC2)C1. The average molecular weight is 514 g/mol. The summed E-state index contributed by atoms with van der Waals surface area (Å²) in [7, 11) is 0. The molecule has 196 valence electrons. The number of carbonyl (C=O) groups excluding carboxylic acids is 2. The van der Waals surface area contributed by atoms with E-state index >= 15 is 0 Å². The van der Waals surface area contributed by atoms with Crippen LogP contribution in [0.25, 0.3) is 0 Å². The molecule has 5 nitrogen and oxygen atoms in total. The Morgan fingerprint density at radius 3 is 2.46 bits per heavy atom. The Kier molecular flexibility index (Phi) is 9.54. The van der Waals surface area contributed by atoms with E-state index in [1.165, 1.54) is 31.0 Å². The van der Waals surface area contributed by atoms with Crippen LogP contribution in [0, 0.1) is 5.92 Å². The monoisotopic (exact) mass is 513 g/mol. The number of amides is 2. The van der Waals surface area contributed by atoms with Gasteiger partial charge in [0.1, 0.15) is 6.04 Å². The fourth-order valence-electron chi connectivity index (χ4n) is 4.78. The van der Waals surface area contributed by atoms with E-state index in [9.17, 15) is 22.8 Å². The molecular formula is C26H38F3N3O2S. The summed E-state index contributed by atoms with van der Waals surface area (Å²) in [6.07, 6.45) is 0.791. The van der Waals surface area contributed by atoms with Gasteiger partial charge < -0.3 is 9.80 Å². The Hall–Kier alpha value is -1.74. The zero-order valence-electron chi connectivity index (χ0n) is 21.2. The predicted molar refractivity (Wildman–Crippen MR) is 133 cm³/mol. The zero-order chi connectivity index (χ0) is 25.8. The van der Waals surface area contributed by atoms with Crippen LogP contribution in [-0.4, -0.2) is 63.7 Å². The summed E-state index contributed by atoms with van der Waals surface area (Å²) in [6.45, 7) is 9.38. The maximum Gasteiger partial charge on any atom is 0.416 e. The molecule has 2 amide bonds. The van der Waals surface area contributed by atoms with E-state index in [0.717, 1.165) is 38.2 Å². The van der Waals surface area contributed by atoms with Crippen LogP contribution in [0.2, 0.25) is 0 Å². The molecule has 1 aromatic carbocycles. The van der Waals surface area contributed by atoms with Crippen LogP contribution in [0.15, 0.2) is 29.2 Å². The first-order valence-electron chi connectivity index (χ1n) is 12.7. The molecule has 0 bridgehead atoms. The van der Waals surface area contributed by atoms with Crippen molar-refractivity contribution >= 4 is 23.8 Å². The van der Waals surface area contributed by atoms with Crippen molar-refractivity contribution in [2.75, 3.05) is 19.6 Å². The standard InChI is InChI=1S/C26H38F3N3O2S/c1-5-13-31(19(4)33)24(15-18(2)3)25(34)30-14-7-9-22(17-30)32(21-11-12-21)35-23-10-6-8-20(16-23)26(27,28)29/h6,8,10,16,18,21-22,24H,5,7,9,11-15,17H2,1-4H3/t22?,24-/m0/s1. The fraction of sp³-hybridized carbons (Fsp3) is 0.692. The number of hydrogen-bond donors (Lipinski definition) is 0. The van der Waals surface area contributed by atoms with E-state index in [-0.39, 0.29) is 23.8 Å². The summed E-state index contributed by atoms with van der Waals surface area (Å²) >= 11 is 1.38. The van der Waals surface area contributed by atoms with E-state index in [2.05, 4.69) is 18.2 Å². The Bertz CT molecular complexity index is 876. The smallest absolute Gasteiger partial charge is 0.339 e. The molecule has 1 aliphatic carbocycles. The summed E-state index contributed by atoms with van der Waals surface area (Å²) in [6, 6.07) is 5.38. The minimum atomic E-state index is -4.37. The van der Waals surface area contributed by atoms with Gasteiger partial charge in [0.15, 0.2) is 0 Å². The maximum atomic E-state index is 13.7. The number of alkyl halides is 3. The summed E-state index contributed by atoms with van der Waals surface area (Å²) in [5, 5.41) is 0. The third-order valence-electron chi connectivity index (χ3n) is 6.57. The van der Waals surface area contributed by atoms with Crippen molar-refractivity contribution in [2.24, 2.45) is 5.92 Å². The van der Waals surface area contributed by atoms with Crippen molar-refractivity contribution in [3.8, 4) is 0 Å². The van der Waals surface area contributed by atoms with Crippen LogP contribution < -0.4 is 0 Å². The summed E-state index contributed by atoms with van der Waals surface area (Å²) in [5.74, 6) is 0.175. The summed E-state index contributed by atoms with van der Waals surface area (Å²) in [4.78, 5) is 30.2. The Balaban J connectivity index is 1.76. The van der Waals surface area contributed by atoms with E-state index in [1.807, 2.05) is 11.8 Å². The molecule has 2 fully saturated rings. The molecule has 3 rings (SSSR count).